The SMILES string of the molecule is [Br-].c1ccc(Cn2c3ccccc3c3cc[n+](Cc4ccccc4)cc32)cc1. The molecule has 0 atom stereocenters. The lowest BCUT2D eigenvalue weighted by Crippen LogP contribution is -3.00. The minimum absolute atomic E-state index is 0. The highest BCUT2D eigenvalue weighted by Gasteiger charge is 2.14. The standard InChI is InChI=1S/C25H21N2.BrH/c1-3-9-20(10-4-1)17-26-16-15-23-22-13-7-8-14-24(22)27(25(23)19-26)18-21-11-5-2-6-12-21;/h1-16,19H,17-18H2;1H/q+1;/p-1. The van der Waals surface area contributed by atoms with E-state index in [-0.39, 0.29) is 17.0 Å². The summed E-state index contributed by atoms with van der Waals surface area (Å²) in [5.41, 5.74) is 5.19. The van der Waals surface area contributed by atoms with Crippen LogP contribution in [-0.4, -0.2) is 4.57 Å². The first-order valence-electron chi connectivity index (χ1n) is 9.36. The lowest BCUT2D eigenvalue weighted by Gasteiger charge is -2.07. The molecule has 0 aliphatic rings. The van der Waals surface area contributed by atoms with Gasteiger partial charge in [-0.05, 0) is 11.6 Å². The van der Waals surface area contributed by atoms with Crippen molar-refractivity contribution in [2.75, 3.05) is 0 Å². The van der Waals surface area contributed by atoms with Crippen molar-refractivity contribution in [3.05, 3.63) is 115 Å². The number of rotatable bonds is 4. The second kappa shape index (κ2) is 7.99. The van der Waals surface area contributed by atoms with Crippen molar-refractivity contribution in [3.63, 3.8) is 0 Å². The predicted molar refractivity (Wildman–Crippen MR) is 111 cm³/mol. The van der Waals surface area contributed by atoms with E-state index in [9.17, 15) is 0 Å². The quantitative estimate of drug-likeness (QED) is 0.388. The van der Waals surface area contributed by atoms with Gasteiger partial charge in [0, 0.05) is 34.5 Å². The van der Waals surface area contributed by atoms with Crippen molar-refractivity contribution in [3.8, 4) is 0 Å². The monoisotopic (exact) mass is 428 g/mol. The van der Waals surface area contributed by atoms with Gasteiger partial charge in [-0.25, -0.2) is 0 Å². The van der Waals surface area contributed by atoms with Gasteiger partial charge >= 0.3 is 0 Å². The van der Waals surface area contributed by atoms with Crippen LogP contribution in [0.5, 0.6) is 0 Å². The van der Waals surface area contributed by atoms with E-state index in [4.69, 9.17) is 0 Å². The van der Waals surface area contributed by atoms with Gasteiger partial charge in [-0.15, -0.1) is 0 Å². The first kappa shape index (κ1) is 18.5. The van der Waals surface area contributed by atoms with Gasteiger partial charge in [0.25, 0.3) is 0 Å². The number of pyridine rings is 1. The van der Waals surface area contributed by atoms with Crippen molar-refractivity contribution in [2.24, 2.45) is 0 Å². The molecule has 0 unspecified atom stereocenters. The molecular formula is C25H21BrN2. The van der Waals surface area contributed by atoms with Gasteiger partial charge in [0.1, 0.15) is 5.52 Å². The Labute approximate surface area is 175 Å². The molecule has 0 amide bonds. The van der Waals surface area contributed by atoms with Crippen molar-refractivity contribution in [1.29, 1.82) is 0 Å². The normalized spacial score (nSPS) is 10.9. The van der Waals surface area contributed by atoms with Crippen LogP contribution in [0, 0.1) is 0 Å². The van der Waals surface area contributed by atoms with Gasteiger partial charge in [-0.3, -0.25) is 0 Å². The molecule has 3 aromatic carbocycles. The van der Waals surface area contributed by atoms with Gasteiger partial charge in [-0.2, -0.15) is 4.57 Å². The number of fused-ring (bicyclic) bond motifs is 3. The average molecular weight is 429 g/mol. The number of aromatic nitrogens is 2. The Kier molecular flexibility index (Phi) is 5.27. The number of hydrogen-bond donors (Lipinski definition) is 0. The van der Waals surface area contributed by atoms with Crippen molar-refractivity contribution < 1.29 is 21.5 Å². The Morgan fingerprint density at radius 2 is 1.21 bits per heavy atom. The smallest absolute Gasteiger partial charge is 0.193 e. The summed E-state index contributed by atoms with van der Waals surface area (Å²) < 4.78 is 4.71. The number of halogens is 1. The highest BCUT2D eigenvalue weighted by Crippen LogP contribution is 2.28. The van der Waals surface area contributed by atoms with E-state index in [1.807, 2.05) is 0 Å². The molecule has 0 bridgehead atoms. The van der Waals surface area contributed by atoms with Crippen LogP contribution in [-0.2, 0) is 13.1 Å². The summed E-state index contributed by atoms with van der Waals surface area (Å²) >= 11 is 0. The Morgan fingerprint density at radius 3 is 1.96 bits per heavy atom. The molecule has 0 aliphatic heterocycles. The molecule has 0 aliphatic carbocycles. The summed E-state index contributed by atoms with van der Waals surface area (Å²) in [6, 6.07) is 32.2. The van der Waals surface area contributed by atoms with Crippen LogP contribution < -0.4 is 21.5 Å². The molecule has 2 heterocycles. The minimum atomic E-state index is 0. The summed E-state index contributed by atoms with van der Waals surface area (Å²) in [6.07, 6.45) is 4.47. The second-order valence-corrected chi connectivity index (χ2v) is 6.99. The van der Waals surface area contributed by atoms with Crippen molar-refractivity contribution >= 4 is 21.8 Å². The van der Waals surface area contributed by atoms with E-state index in [0.717, 1.165) is 13.1 Å². The fraction of sp³-hybridized carbons (Fsp3) is 0.0800. The van der Waals surface area contributed by atoms with Crippen LogP contribution in [0.1, 0.15) is 11.1 Å². The lowest BCUT2D eigenvalue weighted by atomic mass is 10.2. The van der Waals surface area contributed by atoms with Gasteiger partial charge in [-0.1, -0.05) is 78.9 Å². The van der Waals surface area contributed by atoms with E-state index in [1.165, 1.54) is 32.9 Å². The van der Waals surface area contributed by atoms with E-state index in [0.29, 0.717) is 0 Å². The average Bonchev–Trinajstić information content (AvgIpc) is 3.03. The van der Waals surface area contributed by atoms with Crippen LogP contribution in [0.3, 0.4) is 0 Å². The van der Waals surface area contributed by atoms with Crippen LogP contribution >= 0.6 is 0 Å². The number of para-hydroxylation sites is 1. The zero-order valence-electron chi connectivity index (χ0n) is 15.5. The van der Waals surface area contributed by atoms with E-state index < -0.39 is 0 Å². The first-order valence-corrected chi connectivity index (χ1v) is 9.36. The molecule has 0 fully saturated rings. The molecule has 0 spiro atoms. The number of nitrogens with zero attached hydrogens (tertiary/aromatic N) is 2. The van der Waals surface area contributed by atoms with Crippen LogP contribution in [0.4, 0.5) is 0 Å². The fourth-order valence-electron chi connectivity index (χ4n) is 3.86. The van der Waals surface area contributed by atoms with Crippen LogP contribution in [0.15, 0.2) is 103 Å². The summed E-state index contributed by atoms with van der Waals surface area (Å²) in [5, 5.41) is 2.63. The third-order valence-corrected chi connectivity index (χ3v) is 5.16. The van der Waals surface area contributed by atoms with Crippen LogP contribution in [0.2, 0.25) is 0 Å². The summed E-state index contributed by atoms with van der Waals surface area (Å²) in [7, 11) is 0. The molecule has 5 rings (SSSR count). The highest BCUT2D eigenvalue weighted by atomic mass is 79.9. The maximum Gasteiger partial charge on any atom is 0.193 e. The zero-order valence-corrected chi connectivity index (χ0v) is 17.1. The van der Waals surface area contributed by atoms with E-state index in [1.54, 1.807) is 0 Å². The maximum absolute atomic E-state index is 2.43. The van der Waals surface area contributed by atoms with Gasteiger partial charge in [0.2, 0.25) is 0 Å². The van der Waals surface area contributed by atoms with Crippen molar-refractivity contribution in [2.45, 2.75) is 13.1 Å². The molecule has 2 aromatic heterocycles. The van der Waals surface area contributed by atoms with Gasteiger partial charge in [0.05, 0.1) is 0 Å². The molecule has 2 nitrogen and oxygen atoms in total. The Balaban J connectivity index is 0.00000192. The summed E-state index contributed by atoms with van der Waals surface area (Å²) in [6.45, 7) is 1.75. The molecular weight excluding hydrogens is 408 g/mol. The van der Waals surface area contributed by atoms with Crippen molar-refractivity contribution in [1.82, 2.24) is 4.57 Å². The third-order valence-electron chi connectivity index (χ3n) is 5.16. The molecule has 28 heavy (non-hydrogen) atoms. The topological polar surface area (TPSA) is 8.81 Å². The number of benzene rings is 3. The second-order valence-electron chi connectivity index (χ2n) is 6.99. The molecule has 5 aromatic rings. The van der Waals surface area contributed by atoms with Gasteiger partial charge < -0.3 is 21.5 Å². The Bertz CT molecular complexity index is 1210. The Morgan fingerprint density at radius 1 is 0.607 bits per heavy atom. The minimum Gasteiger partial charge on any atom is -1.00 e. The highest BCUT2D eigenvalue weighted by molar-refractivity contribution is 6.07. The maximum atomic E-state index is 2.43. The molecule has 0 saturated heterocycles. The Hall–Kier alpha value is -2.91. The summed E-state index contributed by atoms with van der Waals surface area (Å²) in [4.78, 5) is 0. The van der Waals surface area contributed by atoms with Crippen LogP contribution in [0.25, 0.3) is 21.8 Å². The first-order chi connectivity index (χ1) is 13.4. The summed E-state index contributed by atoms with van der Waals surface area (Å²) in [5.74, 6) is 0. The van der Waals surface area contributed by atoms with Gasteiger partial charge in [0.15, 0.2) is 18.9 Å². The largest absolute Gasteiger partial charge is 1.00 e. The molecule has 0 radical (unpaired) electrons. The fourth-order valence-corrected chi connectivity index (χ4v) is 3.86. The lowest BCUT2D eigenvalue weighted by molar-refractivity contribution is -0.687. The number of hydrogen-bond acceptors (Lipinski definition) is 0. The predicted octanol–water partition coefficient (Wildman–Crippen LogP) is 2.18. The third kappa shape index (κ3) is 3.46. The molecule has 0 saturated carbocycles. The van der Waals surface area contributed by atoms with E-state index in [2.05, 4.69) is 113 Å². The molecule has 0 N–H and O–H groups in total. The zero-order chi connectivity index (χ0) is 18.1. The molecule has 3 heteroatoms. The molecule has 138 valence electrons. The van der Waals surface area contributed by atoms with E-state index >= 15 is 0 Å².